The monoisotopic (exact) mass is 524 g/mol. The molecule has 0 fully saturated rings. The molecule has 0 radical (unpaired) electrons. The van der Waals surface area contributed by atoms with Gasteiger partial charge in [0.2, 0.25) is 17.7 Å². The van der Waals surface area contributed by atoms with E-state index in [9.17, 15) is 14.4 Å². The lowest BCUT2D eigenvalue weighted by Crippen LogP contribution is -2.48. The smallest absolute Gasteiger partial charge is 0.240 e. The molecule has 8 N–H and O–H groups in total. The van der Waals surface area contributed by atoms with E-state index in [2.05, 4.69) is 22.5 Å². The van der Waals surface area contributed by atoms with Gasteiger partial charge in [-0.15, -0.1) is 0 Å². The number of hydrogen-bond donors (Lipinski definition) is 5. The van der Waals surface area contributed by atoms with Crippen molar-refractivity contribution in [3.05, 3.63) is 0 Å². The number of amides is 3. The third kappa shape index (κ3) is 25.1. The SMILES string of the molecule is CCCCCCCCCCCCCCCCCCCC(=O)NCC(=O)N[C@@H](CCCN=C(N)N)C(N)=O. The first-order chi connectivity index (χ1) is 17.9. The highest BCUT2D eigenvalue weighted by Crippen LogP contribution is 2.14. The molecule has 3 amide bonds. The number of nitrogens with zero attached hydrogens (tertiary/aromatic N) is 1. The van der Waals surface area contributed by atoms with Crippen molar-refractivity contribution in [2.45, 2.75) is 141 Å². The van der Waals surface area contributed by atoms with E-state index in [0.717, 1.165) is 19.3 Å². The molecule has 0 aromatic rings. The fraction of sp³-hybridized carbons (Fsp3) is 0.857. The van der Waals surface area contributed by atoms with Crippen molar-refractivity contribution in [3.63, 3.8) is 0 Å². The molecule has 0 aliphatic rings. The fourth-order valence-electron chi connectivity index (χ4n) is 4.31. The maximum atomic E-state index is 12.0. The van der Waals surface area contributed by atoms with Crippen LogP contribution in [0.15, 0.2) is 4.99 Å². The van der Waals surface area contributed by atoms with Gasteiger partial charge in [0.1, 0.15) is 6.04 Å². The van der Waals surface area contributed by atoms with E-state index in [1.165, 1.54) is 89.9 Å². The molecular formula is C28H56N6O3. The van der Waals surface area contributed by atoms with E-state index in [1.54, 1.807) is 0 Å². The van der Waals surface area contributed by atoms with E-state index in [4.69, 9.17) is 17.2 Å². The summed E-state index contributed by atoms with van der Waals surface area (Å²) < 4.78 is 0. The number of guanidine groups is 1. The predicted molar refractivity (Wildman–Crippen MR) is 153 cm³/mol. The summed E-state index contributed by atoms with van der Waals surface area (Å²) in [4.78, 5) is 39.4. The fourth-order valence-corrected chi connectivity index (χ4v) is 4.31. The summed E-state index contributed by atoms with van der Waals surface area (Å²) in [5.41, 5.74) is 15.8. The van der Waals surface area contributed by atoms with Gasteiger partial charge in [-0.1, -0.05) is 110 Å². The second-order valence-electron chi connectivity index (χ2n) is 10.2. The summed E-state index contributed by atoms with van der Waals surface area (Å²) in [6.07, 6.45) is 23.3. The lowest BCUT2D eigenvalue weighted by molar-refractivity contribution is -0.128. The molecule has 9 nitrogen and oxygen atoms in total. The lowest BCUT2D eigenvalue weighted by Gasteiger charge is -2.15. The Morgan fingerprint density at radius 3 is 1.54 bits per heavy atom. The van der Waals surface area contributed by atoms with Crippen LogP contribution in [0.25, 0.3) is 0 Å². The highest BCUT2D eigenvalue weighted by molar-refractivity contribution is 5.89. The first-order valence-corrected chi connectivity index (χ1v) is 14.8. The summed E-state index contributed by atoms with van der Waals surface area (Å²) in [6, 6.07) is -0.816. The van der Waals surface area contributed by atoms with Crippen molar-refractivity contribution in [2.75, 3.05) is 13.1 Å². The van der Waals surface area contributed by atoms with Crippen molar-refractivity contribution in [1.29, 1.82) is 0 Å². The molecule has 0 aromatic heterocycles. The molecule has 0 saturated carbocycles. The maximum absolute atomic E-state index is 12.0. The van der Waals surface area contributed by atoms with E-state index in [-0.39, 0.29) is 18.4 Å². The van der Waals surface area contributed by atoms with Gasteiger partial charge < -0.3 is 27.8 Å². The van der Waals surface area contributed by atoms with Crippen molar-refractivity contribution in [3.8, 4) is 0 Å². The van der Waals surface area contributed by atoms with Crippen molar-refractivity contribution in [2.24, 2.45) is 22.2 Å². The zero-order valence-electron chi connectivity index (χ0n) is 23.5. The van der Waals surface area contributed by atoms with Crippen LogP contribution in [0.4, 0.5) is 0 Å². The van der Waals surface area contributed by atoms with Gasteiger partial charge in [-0.2, -0.15) is 0 Å². The average molecular weight is 525 g/mol. The van der Waals surface area contributed by atoms with Crippen LogP contribution in [0.3, 0.4) is 0 Å². The van der Waals surface area contributed by atoms with E-state index >= 15 is 0 Å². The Labute approximate surface area is 225 Å². The Balaban J connectivity index is 3.57. The summed E-state index contributed by atoms with van der Waals surface area (Å²) in [6.45, 7) is 2.44. The molecule has 0 bridgehead atoms. The van der Waals surface area contributed by atoms with Crippen LogP contribution in [-0.4, -0.2) is 42.8 Å². The first-order valence-electron chi connectivity index (χ1n) is 14.8. The van der Waals surface area contributed by atoms with Gasteiger partial charge in [-0.25, -0.2) is 0 Å². The Bertz CT molecular complexity index is 623. The number of unbranched alkanes of at least 4 members (excludes halogenated alkanes) is 16. The summed E-state index contributed by atoms with van der Waals surface area (Å²) in [5, 5.41) is 5.15. The number of nitrogens with two attached hydrogens (primary N) is 3. The van der Waals surface area contributed by atoms with Gasteiger partial charge in [0.05, 0.1) is 6.54 Å². The van der Waals surface area contributed by atoms with Crippen LogP contribution < -0.4 is 27.8 Å². The molecule has 0 aliphatic carbocycles. The molecule has 9 heteroatoms. The minimum Gasteiger partial charge on any atom is -0.370 e. The van der Waals surface area contributed by atoms with E-state index in [0.29, 0.717) is 25.8 Å². The van der Waals surface area contributed by atoms with Crippen molar-refractivity contribution >= 4 is 23.7 Å². The first kappa shape index (κ1) is 34.7. The lowest BCUT2D eigenvalue weighted by atomic mass is 10.0. The van der Waals surface area contributed by atoms with Crippen molar-refractivity contribution in [1.82, 2.24) is 10.6 Å². The van der Waals surface area contributed by atoms with Gasteiger partial charge in [0.15, 0.2) is 5.96 Å². The summed E-state index contributed by atoms with van der Waals surface area (Å²) in [7, 11) is 0. The Hall–Kier alpha value is -2.32. The van der Waals surface area contributed by atoms with Crippen LogP contribution >= 0.6 is 0 Å². The Kier molecular flexibility index (Phi) is 23.7. The molecule has 0 saturated heterocycles. The minimum atomic E-state index is -0.816. The minimum absolute atomic E-state index is 0.0260. The largest absolute Gasteiger partial charge is 0.370 e. The van der Waals surface area contributed by atoms with Gasteiger partial charge in [0, 0.05) is 13.0 Å². The van der Waals surface area contributed by atoms with E-state index < -0.39 is 17.9 Å². The number of carbonyl (C=O) groups is 3. The second kappa shape index (κ2) is 25.3. The molecule has 216 valence electrons. The zero-order chi connectivity index (χ0) is 27.6. The summed E-state index contributed by atoms with van der Waals surface area (Å²) >= 11 is 0. The molecule has 0 rings (SSSR count). The highest BCUT2D eigenvalue weighted by Gasteiger charge is 2.17. The number of rotatable bonds is 26. The third-order valence-electron chi connectivity index (χ3n) is 6.58. The quantitative estimate of drug-likeness (QED) is 0.0649. The number of aliphatic imine (C=N–C) groups is 1. The molecular weight excluding hydrogens is 468 g/mol. The van der Waals surface area contributed by atoms with Crippen LogP contribution in [0.5, 0.6) is 0 Å². The topological polar surface area (TPSA) is 166 Å². The molecule has 0 heterocycles. The molecule has 0 aliphatic heterocycles. The van der Waals surface area contributed by atoms with Gasteiger partial charge in [0.25, 0.3) is 0 Å². The zero-order valence-corrected chi connectivity index (χ0v) is 23.5. The number of carbonyl (C=O) groups excluding carboxylic acids is 3. The molecule has 0 aromatic carbocycles. The molecule has 0 unspecified atom stereocenters. The highest BCUT2D eigenvalue weighted by atomic mass is 16.2. The third-order valence-corrected chi connectivity index (χ3v) is 6.58. The number of hydrogen-bond acceptors (Lipinski definition) is 4. The second-order valence-corrected chi connectivity index (χ2v) is 10.2. The van der Waals surface area contributed by atoms with Crippen LogP contribution in [0.1, 0.15) is 135 Å². The number of nitrogens with one attached hydrogen (secondary N) is 2. The van der Waals surface area contributed by atoms with Crippen molar-refractivity contribution < 1.29 is 14.4 Å². The van der Waals surface area contributed by atoms with Crippen LogP contribution in [0.2, 0.25) is 0 Å². The van der Waals surface area contributed by atoms with E-state index in [1.807, 2.05) is 0 Å². The summed E-state index contributed by atoms with van der Waals surface area (Å²) in [5.74, 6) is -1.25. The normalized spacial score (nSPS) is 11.6. The van der Waals surface area contributed by atoms with Gasteiger partial charge in [-0.05, 0) is 19.3 Å². The van der Waals surface area contributed by atoms with Gasteiger partial charge >= 0.3 is 0 Å². The Morgan fingerprint density at radius 2 is 1.11 bits per heavy atom. The number of primary amides is 1. The standard InChI is InChI=1S/C28H56N6O3/c1-2-3-4-5-6-7-8-9-10-11-12-13-14-15-16-17-18-21-25(35)33-23-26(36)34-24(27(29)37)20-19-22-32-28(30)31/h24H,2-23H2,1H3,(H2,29,37)(H,33,35)(H,34,36)(H4,30,31,32)/t24-/m0/s1. The molecule has 1 atom stereocenters. The average Bonchev–Trinajstić information content (AvgIpc) is 2.86. The maximum Gasteiger partial charge on any atom is 0.240 e. The molecule has 0 spiro atoms. The van der Waals surface area contributed by atoms with Crippen LogP contribution in [-0.2, 0) is 14.4 Å². The van der Waals surface area contributed by atoms with Gasteiger partial charge in [-0.3, -0.25) is 19.4 Å². The predicted octanol–water partition coefficient (Wildman–Crippen LogP) is 4.17. The molecule has 37 heavy (non-hydrogen) atoms. The van der Waals surface area contributed by atoms with Crippen LogP contribution in [0, 0.1) is 0 Å². The Morgan fingerprint density at radius 1 is 0.649 bits per heavy atom.